The smallest absolute Gasteiger partial charge is 0.253 e. The average molecular weight is 292 g/mol. The van der Waals surface area contributed by atoms with Gasteiger partial charge in [0.05, 0.1) is 0 Å². The van der Waals surface area contributed by atoms with Crippen molar-refractivity contribution < 1.29 is 14.4 Å². The maximum Gasteiger partial charge on any atom is 0.253 e. The topological polar surface area (TPSA) is 67.4 Å². The van der Waals surface area contributed by atoms with Crippen LogP contribution in [0.25, 0.3) is 0 Å². The molecule has 0 heterocycles. The predicted octanol–water partition coefficient (Wildman–Crippen LogP) is 2.82. The van der Waals surface area contributed by atoms with Crippen LogP contribution >= 0.6 is 0 Å². The third-order valence-corrected chi connectivity index (χ3v) is 3.04. The Hall–Kier alpha value is -1.88. The third kappa shape index (κ3) is 7.46. The fourth-order valence-corrected chi connectivity index (χ4v) is 1.79. The number of anilines is 1. The Balaban J connectivity index is 2.20. The fourth-order valence-electron chi connectivity index (χ4n) is 1.79. The highest BCUT2D eigenvalue weighted by Gasteiger charge is 2.05. The Kier molecular flexibility index (Phi) is 8.12. The number of unbranched alkanes of at least 4 members (excludes halogenated alkanes) is 2. The van der Waals surface area contributed by atoms with Crippen LogP contribution in [0, 0.1) is 0 Å². The zero-order chi connectivity index (χ0) is 15.5. The van der Waals surface area contributed by atoms with Gasteiger partial charge in [-0.15, -0.1) is 0 Å². The molecule has 0 unspecified atom stereocenters. The van der Waals surface area contributed by atoms with Gasteiger partial charge in [0.2, 0.25) is 5.91 Å². The molecule has 0 fully saturated rings. The maximum atomic E-state index is 11.6. The zero-order valence-corrected chi connectivity index (χ0v) is 12.8. The van der Waals surface area contributed by atoms with Crippen LogP contribution in [-0.4, -0.2) is 18.4 Å². The number of carbonyl (C=O) groups is 2. The van der Waals surface area contributed by atoms with Crippen molar-refractivity contribution >= 4 is 17.5 Å². The van der Waals surface area contributed by atoms with E-state index in [9.17, 15) is 9.59 Å². The molecule has 0 saturated carbocycles. The van der Waals surface area contributed by atoms with E-state index in [0.29, 0.717) is 6.42 Å². The molecule has 0 bridgehead atoms. The Morgan fingerprint density at radius 1 is 1.05 bits per heavy atom. The van der Waals surface area contributed by atoms with Crippen molar-refractivity contribution in [3.8, 4) is 0 Å². The van der Waals surface area contributed by atoms with Crippen molar-refractivity contribution in [3.63, 3.8) is 0 Å². The first-order valence-corrected chi connectivity index (χ1v) is 7.45. The van der Waals surface area contributed by atoms with Crippen molar-refractivity contribution in [2.45, 2.75) is 46.0 Å². The number of nitrogens with one attached hydrogen (secondary N) is 2. The maximum absolute atomic E-state index is 11.6. The Morgan fingerprint density at radius 3 is 2.38 bits per heavy atom. The summed E-state index contributed by atoms with van der Waals surface area (Å²) in [5, 5.41) is 2.70. The van der Waals surface area contributed by atoms with E-state index in [-0.39, 0.29) is 18.4 Å². The molecule has 0 saturated heterocycles. The highest BCUT2D eigenvalue weighted by atomic mass is 16.7. The molecule has 0 aliphatic heterocycles. The molecule has 1 rings (SSSR count). The number of hydroxylamine groups is 1. The summed E-state index contributed by atoms with van der Waals surface area (Å²) in [5.41, 5.74) is 4.21. The zero-order valence-electron chi connectivity index (χ0n) is 12.8. The molecule has 21 heavy (non-hydrogen) atoms. The van der Waals surface area contributed by atoms with E-state index in [1.165, 1.54) is 5.56 Å². The second kappa shape index (κ2) is 9.94. The molecule has 2 N–H and O–H groups in total. The average Bonchev–Trinajstić information content (AvgIpc) is 2.48. The van der Waals surface area contributed by atoms with Crippen molar-refractivity contribution in [1.82, 2.24) is 5.48 Å². The first-order valence-electron chi connectivity index (χ1n) is 7.45. The van der Waals surface area contributed by atoms with Gasteiger partial charge in [0.25, 0.3) is 5.91 Å². The minimum Gasteiger partial charge on any atom is -0.324 e. The number of rotatable bonds is 9. The number of benzene rings is 1. The second-order valence-corrected chi connectivity index (χ2v) is 4.87. The van der Waals surface area contributed by atoms with E-state index >= 15 is 0 Å². The van der Waals surface area contributed by atoms with E-state index in [2.05, 4.69) is 24.6 Å². The molecule has 0 aliphatic carbocycles. The van der Waals surface area contributed by atoms with Gasteiger partial charge in [-0.25, -0.2) is 5.48 Å². The van der Waals surface area contributed by atoms with Crippen LogP contribution in [-0.2, 0) is 20.8 Å². The van der Waals surface area contributed by atoms with Gasteiger partial charge in [-0.3, -0.25) is 14.4 Å². The number of hydrogen-bond acceptors (Lipinski definition) is 3. The van der Waals surface area contributed by atoms with Gasteiger partial charge in [0, 0.05) is 12.1 Å². The number of aryl methyl sites for hydroxylation is 1. The number of hydrogen-bond donors (Lipinski definition) is 2. The molecular weight excluding hydrogens is 268 g/mol. The van der Waals surface area contributed by atoms with Crippen LogP contribution in [0.4, 0.5) is 5.69 Å². The second-order valence-electron chi connectivity index (χ2n) is 4.87. The summed E-state index contributed by atoms with van der Waals surface area (Å²) in [5.74, 6) is -0.489. The molecule has 0 aliphatic rings. The molecule has 116 valence electrons. The quantitative estimate of drug-likeness (QED) is 0.543. The van der Waals surface area contributed by atoms with Gasteiger partial charge in [0.15, 0.2) is 6.61 Å². The summed E-state index contributed by atoms with van der Waals surface area (Å²) in [6.45, 7) is 3.95. The molecule has 0 aromatic heterocycles. The normalized spacial score (nSPS) is 10.2. The number of amides is 2. The van der Waals surface area contributed by atoms with Gasteiger partial charge < -0.3 is 5.32 Å². The molecule has 5 heteroatoms. The van der Waals surface area contributed by atoms with E-state index in [1.54, 1.807) is 0 Å². The lowest BCUT2D eigenvalue weighted by Gasteiger charge is -2.07. The van der Waals surface area contributed by atoms with Gasteiger partial charge in [-0.2, -0.15) is 0 Å². The van der Waals surface area contributed by atoms with E-state index in [4.69, 9.17) is 4.84 Å². The lowest BCUT2D eigenvalue weighted by atomic mass is 10.1. The summed E-state index contributed by atoms with van der Waals surface area (Å²) in [7, 11) is 0. The molecule has 0 radical (unpaired) electrons. The van der Waals surface area contributed by atoms with Gasteiger partial charge >= 0.3 is 0 Å². The third-order valence-electron chi connectivity index (χ3n) is 3.04. The van der Waals surface area contributed by atoms with Crippen molar-refractivity contribution in [2.75, 3.05) is 11.9 Å². The van der Waals surface area contributed by atoms with Crippen LogP contribution in [0.3, 0.4) is 0 Å². The van der Waals surface area contributed by atoms with Crippen molar-refractivity contribution in [3.05, 3.63) is 29.8 Å². The summed E-state index contributed by atoms with van der Waals surface area (Å²) in [6, 6.07) is 7.62. The molecule has 2 amide bonds. The minimum absolute atomic E-state index is 0.191. The molecular formula is C16H24N2O3. The lowest BCUT2D eigenvalue weighted by Crippen LogP contribution is -2.28. The lowest BCUT2D eigenvalue weighted by molar-refractivity contribution is -0.137. The summed E-state index contributed by atoms with van der Waals surface area (Å²) < 4.78 is 0. The molecule has 1 aromatic carbocycles. The molecule has 0 spiro atoms. The van der Waals surface area contributed by atoms with E-state index in [0.717, 1.165) is 31.4 Å². The first-order chi connectivity index (χ1) is 10.2. The monoisotopic (exact) mass is 292 g/mol. The summed E-state index contributed by atoms with van der Waals surface area (Å²) in [6.07, 6.45) is 4.30. The van der Waals surface area contributed by atoms with E-state index in [1.807, 2.05) is 24.3 Å². The van der Waals surface area contributed by atoms with Crippen LogP contribution < -0.4 is 10.8 Å². The molecule has 0 atom stereocenters. The van der Waals surface area contributed by atoms with Gasteiger partial charge in [-0.05, 0) is 30.5 Å². The van der Waals surface area contributed by atoms with Crippen LogP contribution in [0.2, 0.25) is 0 Å². The van der Waals surface area contributed by atoms with Gasteiger partial charge in [-0.1, -0.05) is 38.8 Å². The first kappa shape index (κ1) is 17.2. The minimum atomic E-state index is -0.298. The highest BCUT2D eigenvalue weighted by molar-refractivity contribution is 5.91. The Morgan fingerprint density at radius 2 is 1.76 bits per heavy atom. The Bertz CT molecular complexity index is 443. The summed E-state index contributed by atoms with van der Waals surface area (Å²) in [4.78, 5) is 27.9. The standard InChI is InChI=1S/C16H24N2O3/c1-3-5-6-7-15(19)18-21-12-16(20)17-14-10-8-13(4-2)9-11-14/h8-11H,3-7,12H2,1-2H3,(H,17,20)(H,18,19). The molecule has 5 nitrogen and oxygen atoms in total. The number of carbonyl (C=O) groups excluding carboxylic acids is 2. The highest BCUT2D eigenvalue weighted by Crippen LogP contribution is 2.09. The van der Waals surface area contributed by atoms with Crippen LogP contribution in [0.1, 0.15) is 45.1 Å². The largest absolute Gasteiger partial charge is 0.324 e. The van der Waals surface area contributed by atoms with Gasteiger partial charge in [0.1, 0.15) is 0 Å². The van der Waals surface area contributed by atoms with E-state index < -0.39 is 0 Å². The molecule has 1 aromatic rings. The summed E-state index contributed by atoms with van der Waals surface area (Å²) >= 11 is 0. The van der Waals surface area contributed by atoms with Crippen molar-refractivity contribution in [1.29, 1.82) is 0 Å². The fraction of sp³-hybridized carbons (Fsp3) is 0.500. The predicted molar refractivity (Wildman–Crippen MR) is 82.7 cm³/mol. The Labute approximate surface area is 126 Å². The SMILES string of the molecule is CCCCCC(=O)NOCC(=O)Nc1ccc(CC)cc1. The van der Waals surface area contributed by atoms with Crippen LogP contribution in [0.15, 0.2) is 24.3 Å². The van der Waals surface area contributed by atoms with Crippen LogP contribution in [0.5, 0.6) is 0 Å². The van der Waals surface area contributed by atoms with Crippen molar-refractivity contribution in [2.24, 2.45) is 0 Å².